The van der Waals surface area contributed by atoms with Gasteiger partial charge in [-0.3, -0.25) is 4.79 Å². The second-order valence-electron chi connectivity index (χ2n) is 5.44. The van der Waals surface area contributed by atoms with Gasteiger partial charge in [0.2, 0.25) is 0 Å². The number of likely N-dealkylation sites (N-methyl/N-ethyl adjacent to an activating group) is 1. The standard InChI is InChI=1S/C16H21ClFNO3/c1-3-19(9-12-6-7-21-10-12)16(20)11(2)22-15-5-4-13(18)8-14(15)17/h4-5,8,11-12H,3,6-7,9-10H2,1-2H3/t11-,12-/m0/s1. The first-order valence-electron chi connectivity index (χ1n) is 7.49. The normalized spacial score (nSPS) is 19.0. The van der Waals surface area contributed by atoms with E-state index in [0.717, 1.165) is 13.0 Å². The van der Waals surface area contributed by atoms with Crippen molar-refractivity contribution < 1.29 is 18.7 Å². The topological polar surface area (TPSA) is 38.8 Å². The molecule has 1 aliphatic rings. The maximum atomic E-state index is 13.0. The van der Waals surface area contributed by atoms with Gasteiger partial charge in [0.05, 0.1) is 11.6 Å². The number of rotatable bonds is 6. The van der Waals surface area contributed by atoms with Crippen LogP contribution in [0.1, 0.15) is 20.3 Å². The Bertz CT molecular complexity index is 520. The van der Waals surface area contributed by atoms with Crippen molar-refractivity contribution >= 4 is 17.5 Å². The first-order chi connectivity index (χ1) is 10.5. The molecule has 122 valence electrons. The molecule has 1 aliphatic heterocycles. The van der Waals surface area contributed by atoms with Crippen LogP contribution in [-0.4, -0.2) is 43.2 Å². The fourth-order valence-corrected chi connectivity index (χ4v) is 2.69. The van der Waals surface area contributed by atoms with Crippen molar-refractivity contribution in [2.45, 2.75) is 26.4 Å². The average Bonchev–Trinajstić information content (AvgIpc) is 3.00. The lowest BCUT2D eigenvalue weighted by Crippen LogP contribution is -2.43. The lowest BCUT2D eigenvalue weighted by atomic mass is 10.1. The van der Waals surface area contributed by atoms with E-state index in [0.29, 0.717) is 31.4 Å². The lowest BCUT2D eigenvalue weighted by molar-refractivity contribution is -0.138. The second-order valence-corrected chi connectivity index (χ2v) is 5.85. The molecule has 0 saturated carbocycles. The predicted molar refractivity (Wildman–Crippen MR) is 82.7 cm³/mol. The highest BCUT2D eigenvalue weighted by molar-refractivity contribution is 6.32. The Morgan fingerprint density at radius 3 is 2.95 bits per heavy atom. The summed E-state index contributed by atoms with van der Waals surface area (Å²) in [5, 5.41) is 0.159. The van der Waals surface area contributed by atoms with Crippen molar-refractivity contribution in [2.24, 2.45) is 5.92 Å². The van der Waals surface area contributed by atoms with E-state index >= 15 is 0 Å². The van der Waals surface area contributed by atoms with Crippen molar-refractivity contribution in [3.8, 4) is 5.75 Å². The molecule has 1 saturated heterocycles. The quantitative estimate of drug-likeness (QED) is 0.805. The van der Waals surface area contributed by atoms with E-state index in [1.165, 1.54) is 18.2 Å². The van der Waals surface area contributed by atoms with Gasteiger partial charge in [0.1, 0.15) is 11.6 Å². The number of hydrogen-bond acceptors (Lipinski definition) is 3. The molecule has 0 radical (unpaired) electrons. The maximum absolute atomic E-state index is 13.0. The monoisotopic (exact) mass is 329 g/mol. The third-order valence-electron chi connectivity index (χ3n) is 3.74. The van der Waals surface area contributed by atoms with Crippen LogP contribution in [0.5, 0.6) is 5.75 Å². The molecule has 1 amide bonds. The molecule has 1 aromatic rings. The predicted octanol–water partition coefficient (Wildman–Crippen LogP) is 3.13. The number of nitrogens with zero attached hydrogens (tertiary/aromatic N) is 1. The molecule has 0 spiro atoms. The van der Waals surface area contributed by atoms with Gasteiger partial charge in [-0.1, -0.05) is 11.6 Å². The van der Waals surface area contributed by atoms with E-state index in [1.54, 1.807) is 11.8 Å². The summed E-state index contributed by atoms with van der Waals surface area (Å²) in [5.74, 6) is 0.150. The Morgan fingerprint density at radius 1 is 1.59 bits per heavy atom. The molecule has 4 nitrogen and oxygen atoms in total. The second kappa shape index (κ2) is 7.79. The molecule has 0 unspecified atom stereocenters. The average molecular weight is 330 g/mol. The minimum absolute atomic E-state index is 0.102. The van der Waals surface area contributed by atoms with Crippen molar-refractivity contribution in [1.29, 1.82) is 0 Å². The van der Waals surface area contributed by atoms with Gasteiger partial charge < -0.3 is 14.4 Å². The van der Waals surface area contributed by atoms with Crippen LogP contribution in [0.4, 0.5) is 4.39 Å². The minimum atomic E-state index is -0.676. The molecular weight excluding hydrogens is 309 g/mol. The Hall–Kier alpha value is -1.33. The molecule has 1 fully saturated rings. The Kier molecular flexibility index (Phi) is 6.03. The number of carbonyl (C=O) groups excluding carboxylic acids is 1. The van der Waals surface area contributed by atoms with Gasteiger partial charge in [-0.05, 0) is 38.5 Å². The molecule has 0 aromatic heterocycles. The summed E-state index contributed by atoms with van der Waals surface area (Å²) in [6, 6.07) is 3.86. The number of carbonyl (C=O) groups is 1. The zero-order valence-electron chi connectivity index (χ0n) is 12.9. The van der Waals surface area contributed by atoms with Gasteiger partial charge in [0.25, 0.3) is 5.91 Å². The van der Waals surface area contributed by atoms with Gasteiger partial charge >= 0.3 is 0 Å². The van der Waals surface area contributed by atoms with E-state index < -0.39 is 11.9 Å². The first kappa shape index (κ1) is 17.0. The van der Waals surface area contributed by atoms with Gasteiger partial charge in [-0.25, -0.2) is 4.39 Å². The largest absolute Gasteiger partial charge is 0.479 e. The summed E-state index contributed by atoms with van der Waals surface area (Å²) >= 11 is 5.92. The Morgan fingerprint density at radius 2 is 2.36 bits per heavy atom. The number of hydrogen-bond donors (Lipinski definition) is 0. The molecule has 2 atom stereocenters. The molecule has 0 aliphatic carbocycles. The van der Waals surface area contributed by atoms with Gasteiger partial charge in [0.15, 0.2) is 6.10 Å². The fourth-order valence-electron chi connectivity index (χ4n) is 2.48. The van der Waals surface area contributed by atoms with E-state index in [4.69, 9.17) is 21.1 Å². The number of ether oxygens (including phenoxy) is 2. The van der Waals surface area contributed by atoms with Crippen LogP contribution in [0.25, 0.3) is 0 Å². The molecule has 1 heterocycles. The van der Waals surface area contributed by atoms with Crippen LogP contribution in [0, 0.1) is 11.7 Å². The molecule has 2 rings (SSSR count). The molecule has 1 aromatic carbocycles. The molecule has 6 heteroatoms. The van der Waals surface area contributed by atoms with Crippen LogP contribution < -0.4 is 4.74 Å². The van der Waals surface area contributed by atoms with Crippen molar-refractivity contribution in [1.82, 2.24) is 4.90 Å². The van der Waals surface area contributed by atoms with Crippen LogP contribution in [0.15, 0.2) is 18.2 Å². The van der Waals surface area contributed by atoms with E-state index in [1.807, 2.05) is 6.92 Å². The summed E-state index contributed by atoms with van der Waals surface area (Å²) in [6.07, 6.45) is 0.299. The lowest BCUT2D eigenvalue weighted by Gasteiger charge is -2.27. The third-order valence-corrected chi connectivity index (χ3v) is 4.04. The van der Waals surface area contributed by atoms with E-state index in [2.05, 4.69) is 0 Å². The number of benzene rings is 1. The van der Waals surface area contributed by atoms with Crippen LogP contribution in [0.3, 0.4) is 0 Å². The zero-order chi connectivity index (χ0) is 16.1. The summed E-state index contributed by atoms with van der Waals surface area (Å²) in [4.78, 5) is 14.3. The highest BCUT2D eigenvalue weighted by Gasteiger charge is 2.26. The van der Waals surface area contributed by atoms with Crippen molar-refractivity contribution in [3.05, 3.63) is 29.0 Å². The summed E-state index contributed by atoms with van der Waals surface area (Å²) < 4.78 is 24.0. The highest BCUT2D eigenvalue weighted by atomic mass is 35.5. The zero-order valence-corrected chi connectivity index (χ0v) is 13.6. The van der Waals surface area contributed by atoms with Crippen molar-refractivity contribution in [2.75, 3.05) is 26.3 Å². The van der Waals surface area contributed by atoms with Gasteiger partial charge in [0, 0.05) is 25.6 Å². The van der Waals surface area contributed by atoms with E-state index in [9.17, 15) is 9.18 Å². The maximum Gasteiger partial charge on any atom is 0.263 e. The smallest absolute Gasteiger partial charge is 0.263 e. The van der Waals surface area contributed by atoms with Gasteiger partial charge in [-0.15, -0.1) is 0 Å². The fraction of sp³-hybridized carbons (Fsp3) is 0.562. The molecule has 0 N–H and O–H groups in total. The Labute approximate surface area is 135 Å². The highest BCUT2D eigenvalue weighted by Crippen LogP contribution is 2.26. The summed E-state index contributed by atoms with van der Waals surface area (Å²) in [7, 11) is 0. The molecular formula is C16H21ClFNO3. The Balaban J connectivity index is 1.96. The van der Waals surface area contributed by atoms with E-state index in [-0.39, 0.29) is 10.9 Å². The third kappa shape index (κ3) is 4.34. The SMILES string of the molecule is CCN(C[C@@H]1CCOC1)C(=O)[C@H](C)Oc1ccc(F)cc1Cl. The van der Waals surface area contributed by atoms with Gasteiger partial charge in [-0.2, -0.15) is 0 Å². The summed E-state index contributed by atoms with van der Waals surface area (Å²) in [6.45, 7) is 6.35. The summed E-state index contributed by atoms with van der Waals surface area (Å²) in [5.41, 5.74) is 0. The van der Waals surface area contributed by atoms with Crippen molar-refractivity contribution in [3.63, 3.8) is 0 Å². The molecule has 0 bridgehead atoms. The van der Waals surface area contributed by atoms with Crippen LogP contribution in [-0.2, 0) is 9.53 Å². The first-order valence-corrected chi connectivity index (χ1v) is 7.87. The van der Waals surface area contributed by atoms with Crippen LogP contribution in [0.2, 0.25) is 5.02 Å². The number of halogens is 2. The minimum Gasteiger partial charge on any atom is -0.479 e. The van der Waals surface area contributed by atoms with Crippen LogP contribution >= 0.6 is 11.6 Å². The number of amides is 1. The molecule has 22 heavy (non-hydrogen) atoms.